The molecule has 0 spiro atoms. The summed E-state index contributed by atoms with van der Waals surface area (Å²) in [6.07, 6.45) is 2.97. The minimum Gasteiger partial charge on any atom is -0.496 e. The highest BCUT2D eigenvalue weighted by molar-refractivity contribution is 5.79. The van der Waals surface area contributed by atoms with Crippen molar-refractivity contribution < 1.29 is 23.8 Å². The third-order valence-electron chi connectivity index (χ3n) is 4.22. The van der Waals surface area contributed by atoms with Crippen LogP contribution in [-0.4, -0.2) is 29.1 Å². The smallest absolute Gasteiger partial charge is 0.307 e. The van der Waals surface area contributed by atoms with Crippen LogP contribution in [-0.2, 0) is 22.6 Å². The fraction of sp³-hybridized carbons (Fsp3) is 0.190. The zero-order valence-electron chi connectivity index (χ0n) is 15.6. The number of carbonyl (C=O) groups excluding carboxylic acids is 1. The minimum absolute atomic E-state index is 0.0909. The number of carboxylic acids is 1. The Hall–Kier alpha value is -3.61. The van der Waals surface area contributed by atoms with Gasteiger partial charge in [-0.25, -0.2) is 4.98 Å². The molecule has 1 aromatic heterocycles. The monoisotopic (exact) mass is 380 g/mol. The summed E-state index contributed by atoms with van der Waals surface area (Å²) in [5, 5.41) is 11.9. The number of hydrogen-bond donors (Lipinski definition) is 2. The number of ether oxygens (including phenoxy) is 1. The van der Waals surface area contributed by atoms with Gasteiger partial charge in [0.2, 0.25) is 11.8 Å². The Morgan fingerprint density at radius 3 is 2.64 bits per heavy atom. The third-order valence-corrected chi connectivity index (χ3v) is 4.22. The predicted octanol–water partition coefficient (Wildman–Crippen LogP) is 3.28. The van der Waals surface area contributed by atoms with Crippen LogP contribution in [0.15, 0.2) is 53.3 Å². The SMILES string of the molecule is COc1ccc(CC(=O)O)cc1-c1ccc(-c2ncco2)cc1CNC(C)=O. The van der Waals surface area contributed by atoms with Crippen LogP contribution in [0.2, 0.25) is 0 Å². The number of aromatic nitrogens is 1. The number of aliphatic carboxylic acids is 1. The summed E-state index contributed by atoms with van der Waals surface area (Å²) >= 11 is 0. The first-order valence-electron chi connectivity index (χ1n) is 8.64. The van der Waals surface area contributed by atoms with Gasteiger partial charge >= 0.3 is 5.97 Å². The van der Waals surface area contributed by atoms with Crippen LogP contribution in [0.1, 0.15) is 18.1 Å². The number of methoxy groups -OCH3 is 1. The molecule has 0 saturated carbocycles. The van der Waals surface area contributed by atoms with Gasteiger partial charge in [-0.3, -0.25) is 9.59 Å². The highest BCUT2D eigenvalue weighted by atomic mass is 16.5. The number of carbonyl (C=O) groups is 2. The van der Waals surface area contributed by atoms with Crippen LogP contribution in [0.5, 0.6) is 5.75 Å². The summed E-state index contributed by atoms with van der Waals surface area (Å²) in [7, 11) is 1.56. The summed E-state index contributed by atoms with van der Waals surface area (Å²) in [6.45, 7) is 1.75. The summed E-state index contributed by atoms with van der Waals surface area (Å²) in [4.78, 5) is 26.7. The molecule has 144 valence electrons. The third kappa shape index (κ3) is 4.37. The molecule has 0 aliphatic rings. The van der Waals surface area contributed by atoms with Crippen molar-refractivity contribution in [3.63, 3.8) is 0 Å². The Morgan fingerprint density at radius 1 is 1.18 bits per heavy atom. The van der Waals surface area contributed by atoms with Gasteiger partial charge in [0.25, 0.3) is 0 Å². The first kappa shape index (κ1) is 19.2. The number of nitrogens with one attached hydrogen (secondary N) is 1. The summed E-state index contributed by atoms with van der Waals surface area (Å²) < 4.78 is 10.8. The largest absolute Gasteiger partial charge is 0.496 e. The molecule has 7 heteroatoms. The molecule has 2 N–H and O–H groups in total. The van der Waals surface area contributed by atoms with Gasteiger partial charge in [0.15, 0.2) is 0 Å². The van der Waals surface area contributed by atoms with Crippen molar-refractivity contribution in [1.29, 1.82) is 0 Å². The maximum Gasteiger partial charge on any atom is 0.307 e. The number of benzene rings is 2. The lowest BCUT2D eigenvalue weighted by molar-refractivity contribution is -0.136. The molecule has 0 radical (unpaired) electrons. The van der Waals surface area contributed by atoms with Crippen LogP contribution < -0.4 is 10.1 Å². The van der Waals surface area contributed by atoms with E-state index in [9.17, 15) is 9.59 Å². The number of hydrogen-bond acceptors (Lipinski definition) is 5. The molecule has 0 saturated heterocycles. The molecule has 28 heavy (non-hydrogen) atoms. The van der Waals surface area contributed by atoms with E-state index in [-0.39, 0.29) is 12.3 Å². The van der Waals surface area contributed by atoms with Gasteiger partial charge in [0.05, 0.1) is 19.7 Å². The summed E-state index contributed by atoms with van der Waals surface area (Å²) in [5.74, 6) is 0.0252. The first-order chi connectivity index (χ1) is 13.5. The Bertz CT molecular complexity index is 996. The van der Waals surface area contributed by atoms with Gasteiger partial charge < -0.3 is 19.6 Å². The van der Waals surface area contributed by atoms with Gasteiger partial charge in [0.1, 0.15) is 12.0 Å². The van der Waals surface area contributed by atoms with Crippen LogP contribution in [0, 0.1) is 0 Å². The van der Waals surface area contributed by atoms with Crippen molar-refractivity contribution >= 4 is 11.9 Å². The van der Waals surface area contributed by atoms with Crippen molar-refractivity contribution in [2.45, 2.75) is 19.9 Å². The van der Waals surface area contributed by atoms with Gasteiger partial charge in [0, 0.05) is 24.6 Å². The Kier molecular flexibility index (Phi) is 5.74. The number of oxazole rings is 1. The van der Waals surface area contributed by atoms with E-state index < -0.39 is 5.97 Å². The Balaban J connectivity index is 2.11. The van der Waals surface area contributed by atoms with Crippen molar-refractivity contribution in [3.05, 3.63) is 60.0 Å². The quantitative estimate of drug-likeness (QED) is 0.652. The molecule has 2 aromatic carbocycles. The van der Waals surface area contributed by atoms with Crippen LogP contribution >= 0.6 is 0 Å². The maximum atomic E-state index is 11.4. The molecular weight excluding hydrogens is 360 g/mol. The fourth-order valence-corrected chi connectivity index (χ4v) is 2.97. The lowest BCUT2D eigenvalue weighted by atomic mass is 9.94. The van der Waals surface area contributed by atoms with Crippen LogP contribution in [0.4, 0.5) is 0 Å². The Labute approximate surface area is 162 Å². The van der Waals surface area contributed by atoms with Crippen molar-refractivity contribution in [2.75, 3.05) is 7.11 Å². The molecule has 0 aliphatic carbocycles. The number of nitrogens with zero attached hydrogens (tertiary/aromatic N) is 1. The van der Waals surface area contributed by atoms with E-state index in [1.165, 1.54) is 13.2 Å². The standard InChI is InChI=1S/C21H20N2O5/c1-13(24)23-12-16-11-15(21-22-7-8-28-21)4-5-17(16)18-9-14(10-20(25)26)3-6-19(18)27-2/h3-9,11H,10,12H2,1-2H3,(H,23,24)(H,25,26). The maximum absolute atomic E-state index is 11.4. The lowest BCUT2D eigenvalue weighted by Gasteiger charge is -2.16. The second-order valence-corrected chi connectivity index (χ2v) is 6.22. The van der Waals surface area contributed by atoms with Crippen LogP contribution in [0.3, 0.4) is 0 Å². The van der Waals surface area contributed by atoms with Gasteiger partial charge in [-0.15, -0.1) is 0 Å². The molecule has 0 unspecified atom stereocenters. The van der Waals surface area contributed by atoms with E-state index in [2.05, 4.69) is 10.3 Å². The average molecular weight is 380 g/mol. The molecular formula is C21H20N2O5. The predicted molar refractivity (Wildman–Crippen MR) is 103 cm³/mol. The number of rotatable bonds is 7. The molecule has 0 bridgehead atoms. The minimum atomic E-state index is -0.908. The van der Waals surface area contributed by atoms with E-state index >= 15 is 0 Å². The Morgan fingerprint density at radius 2 is 2.00 bits per heavy atom. The molecule has 7 nitrogen and oxygen atoms in total. The van der Waals surface area contributed by atoms with E-state index in [1.807, 2.05) is 18.2 Å². The summed E-state index contributed by atoms with van der Waals surface area (Å²) in [5.41, 5.74) is 3.84. The second-order valence-electron chi connectivity index (χ2n) is 6.22. The molecule has 1 heterocycles. The number of amides is 1. The zero-order chi connectivity index (χ0) is 20.1. The van der Waals surface area contributed by atoms with Crippen molar-refractivity contribution in [2.24, 2.45) is 0 Å². The van der Waals surface area contributed by atoms with E-state index in [0.717, 1.165) is 22.3 Å². The highest BCUT2D eigenvalue weighted by Crippen LogP contribution is 2.35. The molecule has 0 fully saturated rings. The molecule has 0 atom stereocenters. The van der Waals surface area contributed by atoms with Crippen LogP contribution in [0.25, 0.3) is 22.6 Å². The number of carboxylic acid groups (broad SMARTS) is 1. The lowest BCUT2D eigenvalue weighted by Crippen LogP contribution is -2.19. The van der Waals surface area contributed by atoms with Gasteiger partial charge in [-0.1, -0.05) is 12.1 Å². The fourth-order valence-electron chi connectivity index (χ4n) is 2.97. The molecule has 3 aromatic rings. The van der Waals surface area contributed by atoms with E-state index in [0.29, 0.717) is 23.7 Å². The molecule has 1 amide bonds. The molecule has 0 aliphatic heterocycles. The van der Waals surface area contributed by atoms with Gasteiger partial charge in [-0.2, -0.15) is 0 Å². The van der Waals surface area contributed by atoms with E-state index in [4.69, 9.17) is 14.3 Å². The molecule has 3 rings (SSSR count). The average Bonchev–Trinajstić information content (AvgIpc) is 3.20. The highest BCUT2D eigenvalue weighted by Gasteiger charge is 2.15. The first-order valence-corrected chi connectivity index (χ1v) is 8.64. The summed E-state index contributed by atoms with van der Waals surface area (Å²) in [6, 6.07) is 10.9. The second kappa shape index (κ2) is 8.39. The van der Waals surface area contributed by atoms with Crippen molar-refractivity contribution in [3.8, 4) is 28.3 Å². The topological polar surface area (TPSA) is 102 Å². The van der Waals surface area contributed by atoms with E-state index in [1.54, 1.807) is 31.5 Å². The van der Waals surface area contributed by atoms with Crippen molar-refractivity contribution in [1.82, 2.24) is 10.3 Å². The van der Waals surface area contributed by atoms with Gasteiger partial charge in [-0.05, 0) is 41.0 Å². The normalized spacial score (nSPS) is 10.5. The zero-order valence-corrected chi connectivity index (χ0v) is 15.6.